The van der Waals surface area contributed by atoms with Crippen molar-refractivity contribution in [2.45, 2.75) is 25.8 Å². The Kier molecular flexibility index (Phi) is 5.13. The number of hydrogen-bond acceptors (Lipinski definition) is 2. The molecule has 0 saturated carbocycles. The maximum Gasteiger partial charge on any atom is 0.106 e. The Morgan fingerprint density at radius 3 is 2.45 bits per heavy atom. The van der Waals surface area contributed by atoms with Gasteiger partial charge >= 0.3 is 0 Å². The van der Waals surface area contributed by atoms with Gasteiger partial charge in [0.05, 0.1) is 0 Å². The van der Waals surface area contributed by atoms with Gasteiger partial charge in [0.1, 0.15) is 4.99 Å². The first-order valence-electron chi connectivity index (χ1n) is 6.86. The number of para-hydroxylation sites is 1. The van der Waals surface area contributed by atoms with Gasteiger partial charge in [0, 0.05) is 17.3 Å². The second kappa shape index (κ2) is 7.06. The highest BCUT2D eigenvalue weighted by atomic mass is 32.1. The molecule has 0 fully saturated rings. The van der Waals surface area contributed by atoms with E-state index in [0.717, 1.165) is 24.1 Å². The van der Waals surface area contributed by atoms with Gasteiger partial charge in [-0.3, -0.25) is 0 Å². The predicted octanol–water partition coefficient (Wildman–Crippen LogP) is 3.75. The van der Waals surface area contributed by atoms with Crippen LogP contribution < -0.4 is 11.1 Å². The van der Waals surface area contributed by atoms with Gasteiger partial charge in [0.25, 0.3) is 0 Å². The van der Waals surface area contributed by atoms with E-state index in [0.29, 0.717) is 11.0 Å². The summed E-state index contributed by atoms with van der Waals surface area (Å²) in [5, 5.41) is 3.49. The average Bonchev–Trinajstić information content (AvgIpc) is 2.46. The van der Waals surface area contributed by atoms with Gasteiger partial charge in [0.2, 0.25) is 0 Å². The monoisotopic (exact) mass is 284 g/mol. The number of nitrogens with two attached hydrogens (primary N) is 1. The lowest BCUT2D eigenvalue weighted by atomic mass is 10.1. The van der Waals surface area contributed by atoms with Gasteiger partial charge in [-0.1, -0.05) is 54.7 Å². The highest BCUT2D eigenvalue weighted by Crippen LogP contribution is 2.17. The number of rotatable bonds is 6. The Morgan fingerprint density at radius 2 is 1.75 bits per heavy atom. The summed E-state index contributed by atoms with van der Waals surface area (Å²) in [6, 6.07) is 18.8. The second-order valence-electron chi connectivity index (χ2n) is 4.98. The molecule has 0 aliphatic rings. The molecule has 2 rings (SSSR count). The zero-order chi connectivity index (χ0) is 14.4. The van der Waals surface area contributed by atoms with Gasteiger partial charge in [-0.05, 0) is 37.5 Å². The summed E-state index contributed by atoms with van der Waals surface area (Å²) in [5.74, 6) is 0. The van der Waals surface area contributed by atoms with Crippen LogP contribution in [0.25, 0.3) is 0 Å². The molecule has 0 aliphatic carbocycles. The molecule has 0 heterocycles. The molecular formula is C17H20N2S. The molecule has 0 radical (unpaired) electrons. The lowest BCUT2D eigenvalue weighted by Gasteiger charge is -2.17. The molecule has 20 heavy (non-hydrogen) atoms. The van der Waals surface area contributed by atoms with Crippen LogP contribution in [-0.4, -0.2) is 11.0 Å². The van der Waals surface area contributed by atoms with E-state index in [1.165, 1.54) is 5.56 Å². The molecule has 3 heteroatoms. The average molecular weight is 284 g/mol. The van der Waals surface area contributed by atoms with E-state index in [-0.39, 0.29) is 0 Å². The molecule has 3 N–H and O–H groups in total. The van der Waals surface area contributed by atoms with Crippen LogP contribution in [0.1, 0.15) is 24.5 Å². The molecule has 2 nitrogen and oxygen atoms in total. The molecule has 0 bridgehead atoms. The summed E-state index contributed by atoms with van der Waals surface area (Å²) in [6.07, 6.45) is 2.12. The molecule has 0 aromatic heterocycles. The van der Waals surface area contributed by atoms with Crippen LogP contribution >= 0.6 is 12.2 Å². The van der Waals surface area contributed by atoms with Crippen LogP contribution in [0, 0.1) is 0 Å². The van der Waals surface area contributed by atoms with Crippen LogP contribution in [0.15, 0.2) is 54.6 Å². The summed E-state index contributed by atoms with van der Waals surface area (Å²) < 4.78 is 0. The van der Waals surface area contributed by atoms with Crippen LogP contribution in [0.5, 0.6) is 0 Å². The van der Waals surface area contributed by atoms with Crippen LogP contribution in [0.4, 0.5) is 5.69 Å². The highest BCUT2D eigenvalue weighted by Gasteiger charge is 2.07. The Labute approximate surface area is 126 Å². The number of thiocarbonyl (C=S) groups is 1. The second-order valence-corrected chi connectivity index (χ2v) is 5.42. The molecule has 2 aromatic rings. The summed E-state index contributed by atoms with van der Waals surface area (Å²) in [5.41, 5.74) is 9.04. The van der Waals surface area contributed by atoms with Crippen LogP contribution in [0.3, 0.4) is 0 Å². The summed E-state index contributed by atoms with van der Waals surface area (Å²) >= 11 is 5.08. The van der Waals surface area contributed by atoms with E-state index in [4.69, 9.17) is 18.0 Å². The minimum Gasteiger partial charge on any atom is -0.389 e. The Hall–Kier alpha value is -1.87. The Morgan fingerprint density at radius 1 is 1.10 bits per heavy atom. The summed E-state index contributed by atoms with van der Waals surface area (Å²) in [6.45, 7) is 2.18. The number of hydrogen-bond donors (Lipinski definition) is 2. The standard InChI is InChI=1S/C17H20N2S/c1-13(11-12-14-7-3-2-4-8-14)19-16-10-6-5-9-15(16)17(18)20/h2-10,13,19H,11-12H2,1H3,(H2,18,20). The van der Waals surface area contributed by atoms with Gasteiger partial charge in [0.15, 0.2) is 0 Å². The minimum atomic E-state index is 0.366. The van der Waals surface area contributed by atoms with Crippen molar-refractivity contribution in [3.8, 4) is 0 Å². The van der Waals surface area contributed by atoms with E-state index >= 15 is 0 Å². The zero-order valence-electron chi connectivity index (χ0n) is 11.7. The predicted molar refractivity (Wildman–Crippen MR) is 90.2 cm³/mol. The zero-order valence-corrected chi connectivity index (χ0v) is 12.5. The molecule has 2 aromatic carbocycles. The molecule has 1 atom stereocenters. The Bertz CT molecular complexity index is 566. The minimum absolute atomic E-state index is 0.366. The SMILES string of the molecule is CC(CCc1ccccc1)Nc1ccccc1C(N)=S. The van der Waals surface area contributed by atoms with Crippen molar-refractivity contribution in [2.75, 3.05) is 5.32 Å². The smallest absolute Gasteiger partial charge is 0.106 e. The third-order valence-corrected chi connectivity index (χ3v) is 3.52. The Balaban J connectivity index is 1.95. The summed E-state index contributed by atoms with van der Waals surface area (Å²) in [4.78, 5) is 0.434. The molecule has 0 spiro atoms. The van der Waals surface area contributed by atoms with E-state index in [1.807, 2.05) is 30.3 Å². The van der Waals surface area contributed by atoms with Crippen LogP contribution in [0.2, 0.25) is 0 Å². The molecule has 1 unspecified atom stereocenters. The van der Waals surface area contributed by atoms with Gasteiger partial charge in [-0.15, -0.1) is 0 Å². The van der Waals surface area contributed by atoms with Gasteiger partial charge < -0.3 is 11.1 Å². The molecule has 0 aliphatic heterocycles. The normalized spacial score (nSPS) is 11.8. The van der Waals surface area contributed by atoms with Crippen molar-refractivity contribution in [1.29, 1.82) is 0 Å². The van der Waals surface area contributed by atoms with E-state index < -0.39 is 0 Å². The first kappa shape index (κ1) is 14.5. The van der Waals surface area contributed by atoms with E-state index in [2.05, 4.69) is 36.5 Å². The first-order chi connectivity index (χ1) is 9.66. The third-order valence-electron chi connectivity index (χ3n) is 3.30. The maximum absolute atomic E-state index is 5.75. The number of anilines is 1. The van der Waals surface area contributed by atoms with Gasteiger partial charge in [-0.25, -0.2) is 0 Å². The fourth-order valence-corrected chi connectivity index (χ4v) is 2.37. The van der Waals surface area contributed by atoms with E-state index in [1.54, 1.807) is 0 Å². The van der Waals surface area contributed by atoms with Crippen molar-refractivity contribution in [2.24, 2.45) is 5.73 Å². The lowest BCUT2D eigenvalue weighted by molar-refractivity contribution is 0.706. The highest BCUT2D eigenvalue weighted by molar-refractivity contribution is 7.80. The fourth-order valence-electron chi connectivity index (χ4n) is 2.19. The quantitative estimate of drug-likeness (QED) is 0.793. The fraction of sp³-hybridized carbons (Fsp3) is 0.235. The van der Waals surface area contributed by atoms with Crippen molar-refractivity contribution in [3.63, 3.8) is 0 Å². The lowest BCUT2D eigenvalue weighted by Crippen LogP contribution is -2.19. The number of aryl methyl sites for hydroxylation is 1. The topological polar surface area (TPSA) is 38.0 Å². The molecule has 0 saturated heterocycles. The first-order valence-corrected chi connectivity index (χ1v) is 7.27. The molecule has 0 amide bonds. The third kappa shape index (κ3) is 4.07. The van der Waals surface area contributed by atoms with Crippen molar-refractivity contribution in [3.05, 3.63) is 65.7 Å². The van der Waals surface area contributed by atoms with Crippen molar-refractivity contribution in [1.82, 2.24) is 0 Å². The largest absolute Gasteiger partial charge is 0.389 e. The van der Waals surface area contributed by atoms with Crippen molar-refractivity contribution < 1.29 is 0 Å². The van der Waals surface area contributed by atoms with Crippen LogP contribution in [-0.2, 0) is 6.42 Å². The number of benzene rings is 2. The van der Waals surface area contributed by atoms with E-state index in [9.17, 15) is 0 Å². The summed E-state index contributed by atoms with van der Waals surface area (Å²) in [7, 11) is 0. The van der Waals surface area contributed by atoms with Gasteiger partial charge in [-0.2, -0.15) is 0 Å². The maximum atomic E-state index is 5.75. The molecule has 104 valence electrons. The number of nitrogens with one attached hydrogen (secondary N) is 1. The van der Waals surface area contributed by atoms with Crippen molar-refractivity contribution >= 4 is 22.9 Å². The molecular weight excluding hydrogens is 264 g/mol.